The van der Waals surface area contributed by atoms with Crippen molar-refractivity contribution in [3.8, 4) is 0 Å². The highest BCUT2D eigenvalue weighted by atomic mass is 32.2. The first-order valence-corrected chi connectivity index (χ1v) is 7.79. The van der Waals surface area contributed by atoms with Crippen LogP contribution in [0.2, 0.25) is 0 Å². The number of fused-ring (bicyclic) bond motifs is 1. The Morgan fingerprint density at radius 1 is 0.824 bits per heavy atom. The molecule has 0 bridgehead atoms. The lowest BCUT2D eigenvalue weighted by Gasteiger charge is -2.51. The van der Waals surface area contributed by atoms with Crippen molar-refractivity contribution in [2.75, 3.05) is 11.5 Å². The van der Waals surface area contributed by atoms with Crippen molar-refractivity contribution >= 4 is 11.8 Å². The van der Waals surface area contributed by atoms with Gasteiger partial charge in [-0.3, -0.25) is 0 Å². The number of benzene rings is 1. The molecule has 1 fully saturated rings. The van der Waals surface area contributed by atoms with E-state index in [-0.39, 0.29) is 0 Å². The predicted octanol–water partition coefficient (Wildman–Crippen LogP) is 3.85. The Balaban J connectivity index is 1.87. The lowest BCUT2D eigenvalue weighted by Crippen LogP contribution is -2.48. The van der Waals surface area contributed by atoms with Gasteiger partial charge in [0.15, 0.2) is 0 Å². The summed E-state index contributed by atoms with van der Waals surface area (Å²) in [5.74, 6) is 2.76. The fourth-order valence-electron chi connectivity index (χ4n) is 4.17. The molecule has 1 aromatic rings. The van der Waals surface area contributed by atoms with Gasteiger partial charge in [0.25, 0.3) is 0 Å². The van der Waals surface area contributed by atoms with Crippen LogP contribution >= 0.6 is 11.8 Å². The summed E-state index contributed by atoms with van der Waals surface area (Å²) in [5, 5.41) is 0. The minimum absolute atomic E-state index is 0.584. The SMILES string of the molecule is C1=CC[C@]23CSC[C@]2(C1)Cc1ccccc1C3. The molecule has 0 radical (unpaired) electrons. The molecule has 1 saturated heterocycles. The van der Waals surface area contributed by atoms with E-state index in [4.69, 9.17) is 0 Å². The van der Waals surface area contributed by atoms with E-state index in [1.807, 2.05) is 0 Å². The van der Waals surface area contributed by atoms with Crippen LogP contribution in [-0.4, -0.2) is 11.5 Å². The van der Waals surface area contributed by atoms with Gasteiger partial charge in [-0.2, -0.15) is 11.8 Å². The van der Waals surface area contributed by atoms with Crippen LogP contribution in [0.4, 0.5) is 0 Å². The average Bonchev–Trinajstić information content (AvgIpc) is 2.73. The first kappa shape index (κ1) is 10.3. The van der Waals surface area contributed by atoms with Gasteiger partial charge in [-0.1, -0.05) is 36.4 Å². The number of thioether (sulfide) groups is 1. The standard InChI is InChI=1S/C16H18S/c1-2-6-14-10-16-8-4-3-7-15(16,11-17-12-16)9-13(14)5-1/h1-6H,7-12H2/t15-,16-/m0/s1. The van der Waals surface area contributed by atoms with Crippen molar-refractivity contribution in [2.24, 2.45) is 10.8 Å². The summed E-state index contributed by atoms with van der Waals surface area (Å²) in [6.45, 7) is 0. The first-order chi connectivity index (χ1) is 8.34. The van der Waals surface area contributed by atoms with Crippen LogP contribution < -0.4 is 0 Å². The Bertz CT molecular complexity index is 447. The monoisotopic (exact) mass is 242 g/mol. The minimum atomic E-state index is 0.584. The Hall–Kier alpha value is -0.690. The zero-order chi connectivity index (χ0) is 11.3. The molecule has 88 valence electrons. The van der Waals surface area contributed by atoms with Gasteiger partial charge in [0, 0.05) is 11.5 Å². The van der Waals surface area contributed by atoms with E-state index in [1.54, 1.807) is 11.1 Å². The van der Waals surface area contributed by atoms with Gasteiger partial charge in [0.1, 0.15) is 0 Å². The predicted molar refractivity (Wildman–Crippen MR) is 74.4 cm³/mol. The van der Waals surface area contributed by atoms with Gasteiger partial charge >= 0.3 is 0 Å². The smallest absolute Gasteiger partial charge is 0.000143 e. The lowest BCUT2D eigenvalue weighted by molar-refractivity contribution is 0.0756. The molecule has 0 aromatic heterocycles. The van der Waals surface area contributed by atoms with Crippen LogP contribution in [0.15, 0.2) is 36.4 Å². The Morgan fingerprint density at radius 2 is 1.35 bits per heavy atom. The number of hydrogen-bond acceptors (Lipinski definition) is 1. The fourth-order valence-corrected chi connectivity index (χ4v) is 6.11. The molecule has 4 rings (SSSR count). The molecule has 1 heteroatoms. The van der Waals surface area contributed by atoms with E-state index in [0.717, 1.165) is 0 Å². The molecule has 2 atom stereocenters. The second kappa shape index (κ2) is 3.41. The molecule has 1 aliphatic heterocycles. The second-order valence-electron chi connectivity index (χ2n) is 6.06. The third-order valence-electron chi connectivity index (χ3n) is 5.24. The molecule has 1 heterocycles. The van der Waals surface area contributed by atoms with Crippen LogP contribution in [0.25, 0.3) is 0 Å². The Morgan fingerprint density at radius 3 is 1.88 bits per heavy atom. The van der Waals surface area contributed by atoms with Crippen molar-refractivity contribution in [1.82, 2.24) is 0 Å². The molecule has 3 aliphatic rings. The second-order valence-corrected chi connectivity index (χ2v) is 7.04. The highest BCUT2D eigenvalue weighted by Gasteiger charge is 2.56. The molecule has 17 heavy (non-hydrogen) atoms. The maximum absolute atomic E-state index is 2.44. The molecule has 0 unspecified atom stereocenters. The van der Waals surface area contributed by atoms with Crippen LogP contribution in [0.5, 0.6) is 0 Å². The van der Waals surface area contributed by atoms with Crippen molar-refractivity contribution in [1.29, 1.82) is 0 Å². The van der Waals surface area contributed by atoms with Crippen molar-refractivity contribution in [3.63, 3.8) is 0 Å². The Kier molecular flexibility index (Phi) is 2.06. The largest absolute Gasteiger partial charge is 0.161 e. The van der Waals surface area contributed by atoms with Gasteiger partial charge in [-0.15, -0.1) is 0 Å². The molecule has 0 amide bonds. The molecule has 0 N–H and O–H groups in total. The first-order valence-electron chi connectivity index (χ1n) is 6.63. The molecule has 0 saturated carbocycles. The maximum atomic E-state index is 2.44. The van der Waals surface area contributed by atoms with E-state index in [0.29, 0.717) is 10.8 Å². The van der Waals surface area contributed by atoms with Gasteiger partial charge in [-0.25, -0.2) is 0 Å². The summed E-state index contributed by atoms with van der Waals surface area (Å²) in [6.07, 6.45) is 10.2. The average molecular weight is 242 g/mol. The zero-order valence-corrected chi connectivity index (χ0v) is 10.9. The van der Waals surface area contributed by atoms with Gasteiger partial charge in [0.05, 0.1) is 0 Å². The third kappa shape index (κ3) is 1.26. The van der Waals surface area contributed by atoms with Crippen molar-refractivity contribution in [3.05, 3.63) is 47.5 Å². The van der Waals surface area contributed by atoms with E-state index in [2.05, 4.69) is 48.2 Å². The van der Waals surface area contributed by atoms with Gasteiger partial charge in [-0.05, 0) is 47.6 Å². The van der Waals surface area contributed by atoms with Gasteiger partial charge < -0.3 is 0 Å². The topological polar surface area (TPSA) is 0 Å². The molecular formula is C16H18S. The molecule has 0 nitrogen and oxygen atoms in total. The summed E-state index contributed by atoms with van der Waals surface area (Å²) in [7, 11) is 0. The van der Waals surface area contributed by atoms with Crippen LogP contribution in [0.1, 0.15) is 24.0 Å². The number of hydrogen-bond donors (Lipinski definition) is 0. The van der Waals surface area contributed by atoms with Crippen LogP contribution in [0.3, 0.4) is 0 Å². The Labute approximate surface area is 107 Å². The molecular weight excluding hydrogens is 224 g/mol. The summed E-state index contributed by atoms with van der Waals surface area (Å²) in [6, 6.07) is 9.14. The fraction of sp³-hybridized carbons (Fsp3) is 0.500. The van der Waals surface area contributed by atoms with E-state index >= 15 is 0 Å². The molecule has 1 aromatic carbocycles. The third-order valence-corrected chi connectivity index (χ3v) is 6.76. The molecule has 2 aliphatic carbocycles. The van der Waals surface area contributed by atoms with Gasteiger partial charge in [0.2, 0.25) is 0 Å². The summed E-state index contributed by atoms with van der Waals surface area (Å²) < 4.78 is 0. The summed E-state index contributed by atoms with van der Waals surface area (Å²) >= 11 is 2.20. The van der Waals surface area contributed by atoms with Crippen molar-refractivity contribution < 1.29 is 0 Å². The maximum Gasteiger partial charge on any atom is 0.000143 e. The number of allylic oxidation sites excluding steroid dienone is 2. The molecule has 0 spiro atoms. The van der Waals surface area contributed by atoms with E-state index in [1.165, 1.54) is 37.2 Å². The van der Waals surface area contributed by atoms with Crippen LogP contribution in [0, 0.1) is 10.8 Å². The highest BCUT2D eigenvalue weighted by molar-refractivity contribution is 7.99. The van der Waals surface area contributed by atoms with Crippen molar-refractivity contribution in [2.45, 2.75) is 25.7 Å². The highest BCUT2D eigenvalue weighted by Crippen LogP contribution is 2.62. The van der Waals surface area contributed by atoms with E-state index in [9.17, 15) is 0 Å². The zero-order valence-electron chi connectivity index (χ0n) is 10.1. The quantitative estimate of drug-likeness (QED) is 0.623. The summed E-state index contributed by atoms with van der Waals surface area (Å²) in [4.78, 5) is 0. The summed E-state index contributed by atoms with van der Waals surface area (Å²) in [5.41, 5.74) is 4.42. The van der Waals surface area contributed by atoms with E-state index < -0.39 is 0 Å². The lowest BCUT2D eigenvalue weighted by atomic mass is 9.52. The minimum Gasteiger partial charge on any atom is -0.161 e. The normalized spacial score (nSPS) is 38.4. The number of rotatable bonds is 0. The van der Waals surface area contributed by atoms with Crippen LogP contribution in [-0.2, 0) is 12.8 Å².